The molecular formula is C18H13ClF4N4O3S. The van der Waals surface area contributed by atoms with Crippen molar-refractivity contribution in [3.63, 3.8) is 0 Å². The molecule has 13 heteroatoms. The Balaban J connectivity index is 1.96. The SMILES string of the molecule is Cc1c(C(=O)N=S(C)(=O)c2ccccc2F)nnn1-c1ccc(OC(F)(F)F)cc1Cl. The molecule has 31 heavy (non-hydrogen) atoms. The number of rotatable bonds is 4. The average molecular weight is 477 g/mol. The number of amides is 1. The molecule has 1 atom stereocenters. The van der Waals surface area contributed by atoms with Crippen molar-refractivity contribution in [1.29, 1.82) is 0 Å². The molecule has 3 aromatic rings. The fraction of sp³-hybridized carbons (Fsp3) is 0.167. The van der Waals surface area contributed by atoms with E-state index in [2.05, 4.69) is 19.4 Å². The van der Waals surface area contributed by atoms with Gasteiger partial charge in [0.2, 0.25) is 0 Å². The molecule has 0 aliphatic heterocycles. The second kappa shape index (κ2) is 8.27. The van der Waals surface area contributed by atoms with Gasteiger partial charge < -0.3 is 4.74 Å². The predicted octanol–water partition coefficient (Wildman–Crippen LogP) is 4.56. The van der Waals surface area contributed by atoms with Gasteiger partial charge in [-0.2, -0.15) is 4.36 Å². The quantitative estimate of drug-likeness (QED) is 0.515. The first-order chi connectivity index (χ1) is 14.4. The van der Waals surface area contributed by atoms with Crippen LogP contribution >= 0.6 is 11.6 Å². The van der Waals surface area contributed by atoms with E-state index in [1.165, 1.54) is 31.2 Å². The summed E-state index contributed by atoms with van der Waals surface area (Å²) in [5.74, 6) is -2.33. The molecule has 0 spiro atoms. The van der Waals surface area contributed by atoms with Crippen molar-refractivity contribution < 1.29 is 31.3 Å². The summed E-state index contributed by atoms with van der Waals surface area (Å²) < 4.78 is 72.3. The Hall–Kier alpha value is -2.99. The molecule has 1 heterocycles. The highest BCUT2D eigenvalue weighted by Gasteiger charge is 2.31. The van der Waals surface area contributed by atoms with Gasteiger partial charge in [-0.15, -0.1) is 18.3 Å². The third-order valence-electron chi connectivity index (χ3n) is 3.98. The van der Waals surface area contributed by atoms with Crippen LogP contribution in [0.25, 0.3) is 5.69 Å². The van der Waals surface area contributed by atoms with Crippen LogP contribution in [0.2, 0.25) is 5.02 Å². The van der Waals surface area contributed by atoms with Gasteiger partial charge in [-0.1, -0.05) is 28.9 Å². The van der Waals surface area contributed by atoms with E-state index in [4.69, 9.17) is 11.6 Å². The van der Waals surface area contributed by atoms with E-state index in [0.717, 1.165) is 29.1 Å². The molecule has 164 valence electrons. The summed E-state index contributed by atoms with van der Waals surface area (Å²) in [5.41, 5.74) is -0.0342. The predicted molar refractivity (Wildman–Crippen MR) is 103 cm³/mol. The Bertz CT molecular complexity index is 1280. The maximum absolute atomic E-state index is 13.9. The van der Waals surface area contributed by atoms with Crippen molar-refractivity contribution in [2.75, 3.05) is 6.26 Å². The molecule has 0 aliphatic carbocycles. The number of benzene rings is 2. The van der Waals surface area contributed by atoms with Crippen molar-refractivity contribution in [3.05, 3.63) is 64.7 Å². The average Bonchev–Trinajstić information content (AvgIpc) is 3.02. The number of nitrogens with zero attached hydrogens (tertiary/aromatic N) is 4. The summed E-state index contributed by atoms with van der Waals surface area (Å²) >= 11 is 6.03. The Labute approximate surface area is 178 Å². The first kappa shape index (κ1) is 22.7. The van der Waals surface area contributed by atoms with E-state index < -0.39 is 33.6 Å². The van der Waals surface area contributed by atoms with E-state index in [9.17, 15) is 26.6 Å². The van der Waals surface area contributed by atoms with Gasteiger partial charge in [0.25, 0.3) is 0 Å². The van der Waals surface area contributed by atoms with Crippen molar-refractivity contribution in [2.24, 2.45) is 4.36 Å². The third kappa shape index (κ3) is 5.02. The van der Waals surface area contributed by atoms with E-state index in [1.54, 1.807) is 0 Å². The highest BCUT2D eigenvalue weighted by molar-refractivity contribution is 7.93. The molecule has 1 aromatic heterocycles. The van der Waals surface area contributed by atoms with Crippen LogP contribution < -0.4 is 4.74 Å². The fourth-order valence-corrected chi connectivity index (χ4v) is 4.13. The van der Waals surface area contributed by atoms with Crippen molar-refractivity contribution in [1.82, 2.24) is 15.0 Å². The number of halogens is 5. The van der Waals surface area contributed by atoms with Crippen LogP contribution in [0.4, 0.5) is 17.6 Å². The number of carbonyl (C=O) groups is 1. The number of alkyl halides is 3. The smallest absolute Gasteiger partial charge is 0.406 e. The molecule has 0 fully saturated rings. The van der Waals surface area contributed by atoms with E-state index in [0.29, 0.717) is 0 Å². The zero-order chi connectivity index (χ0) is 23.0. The van der Waals surface area contributed by atoms with Gasteiger partial charge in [-0.25, -0.2) is 13.3 Å². The van der Waals surface area contributed by atoms with Crippen molar-refractivity contribution in [2.45, 2.75) is 18.2 Å². The number of hydrogen-bond donors (Lipinski definition) is 0. The topological polar surface area (TPSA) is 86.4 Å². The molecule has 1 unspecified atom stereocenters. The normalized spacial score (nSPS) is 13.5. The molecule has 0 N–H and O–H groups in total. The van der Waals surface area contributed by atoms with Gasteiger partial charge in [-0.3, -0.25) is 4.79 Å². The second-order valence-electron chi connectivity index (χ2n) is 6.23. The van der Waals surface area contributed by atoms with Gasteiger partial charge in [0, 0.05) is 12.3 Å². The lowest BCUT2D eigenvalue weighted by Gasteiger charge is -2.11. The summed E-state index contributed by atoms with van der Waals surface area (Å²) in [4.78, 5) is 12.3. The van der Waals surface area contributed by atoms with Crippen LogP contribution in [0.15, 0.2) is 51.7 Å². The molecule has 7 nitrogen and oxygen atoms in total. The monoisotopic (exact) mass is 476 g/mol. The molecule has 2 aromatic carbocycles. The summed E-state index contributed by atoms with van der Waals surface area (Å²) in [5, 5.41) is 7.30. The van der Waals surface area contributed by atoms with Crippen LogP contribution in [-0.4, -0.2) is 37.7 Å². The maximum Gasteiger partial charge on any atom is 0.573 e. The summed E-state index contributed by atoms with van der Waals surface area (Å²) in [7, 11) is -3.42. The first-order valence-electron chi connectivity index (χ1n) is 8.38. The van der Waals surface area contributed by atoms with E-state index in [1.807, 2.05) is 0 Å². The molecule has 0 aliphatic rings. The standard InChI is InChI=1S/C18H13ClF4N4O3S/c1-10-16(17(28)25-31(2,29)15-6-4-3-5-13(15)20)24-26-27(10)14-8-7-11(9-12(14)19)30-18(21,22)23/h3-9H,1-2H3. The number of hydrogen-bond acceptors (Lipinski definition) is 5. The molecule has 0 saturated heterocycles. The second-order valence-corrected chi connectivity index (χ2v) is 8.86. The lowest BCUT2D eigenvalue weighted by Crippen LogP contribution is -2.17. The van der Waals surface area contributed by atoms with Crippen LogP contribution in [0, 0.1) is 12.7 Å². The molecule has 0 saturated carbocycles. The zero-order valence-corrected chi connectivity index (χ0v) is 17.4. The maximum atomic E-state index is 13.9. The van der Waals surface area contributed by atoms with Crippen LogP contribution in [0.3, 0.4) is 0 Å². The lowest BCUT2D eigenvalue weighted by molar-refractivity contribution is -0.274. The van der Waals surface area contributed by atoms with Crippen molar-refractivity contribution in [3.8, 4) is 11.4 Å². The number of carbonyl (C=O) groups excluding carboxylic acids is 1. The molecule has 1 amide bonds. The Kier molecular flexibility index (Phi) is 6.05. The Morgan fingerprint density at radius 1 is 1.23 bits per heavy atom. The van der Waals surface area contributed by atoms with Crippen LogP contribution in [0.5, 0.6) is 5.75 Å². The number of ether oxygens (including phenoxy) is 1. The van der Waals surface area contributed by atoms with Gasteiger partial charge in [0.15, 0.2) is 5.69 Å². The van der Waals surface area contributed by atoms with E-state index >= 15 is 0 Å². The van der Waals surface area contributed by atoms with Gasteiger partial charge in [-0.05, 0) is 31.2 Å². The Morgan fingerprint density at radius 3 is 2.52 bits per heavy atom. The zero-order valence-electron chi connectivity index (χ0n) is 15.9. The summed E-state index contributed by atoms with van der Waals surface area (Å²) in [6, 6.07) is 8.33. The number of aromatic nitrogens is 3. The van der Waals surface area contributed by atoms with Crippen LogP contribution in [-0.2, 0) is 9.73 Å². The van der Waals surface area contributed by atoms with E-state index in [-0.39, 0.29) is 27.0 Å². The van der Waals surface area contributed by atoms with Gasteiger partial charge in [0.1, 0.15) is 11.6 Å². The van der Waals surface area contributed by atoms with Crippen LogP contribution in [0.1, 0.15) is 16.2 Å². The minimum absolute atomic E-state index is 0.117. The fourth-order valence-electron chi connectivity index (χ4n) is 2.61. The molecule has 0 bridgehead atoms. The third-order valence-corrected chi connectivity index (χ3v) is 5.94. The minimum Gasteiger partial charge on any atom is -0.406 e. The minimum atomic E-state index is -4.89. The highest BCUT2D eigenvalue weighted by atomic mass is 35.5. The molecule has 3 rings (SSSR count). The molecular weight excluding hydrogens is 464 g/mol. The van der Waals surface area contributed by atoms with Crippen molar-refractivity contribution >= 4 is 27.2 Å². The summed E-state index contributed by atoms with van der Waals surface area (Å²) in [6.07, 6.45) is -3.78. The summed E-state index contributed by atoms with van der Waals surface area (Å²) in [6.45, 7) is 1.43. The first-order valence-corrected chi connectivity index (χ1v) is 10.7. The molecule has 0 radical (unpaired) electrons. The van der Waals surface area contributed by atoms with Gasteiger partial charge >= 0.3 is 12.3 Å². The largest absolute Gasteiger partial charge is 0.573 e. The highest BCUT2D eigenvalue weighted by Crippen LogP contribution is 2.30. The lowest BCUT2D eigenvalue weighted by atomic mass is 10.2. The Morgan fingerprint density at radius 2 is 1.90 bits per heavy atom. The van der Waals surface area contributed by atoms with Gasteiger partial charge in [0.05, 0.1) is 31.0 Å².